The molecule has 0 spiro atoms. The van der Waals surface area contributed by atoms with Gasteiger partial charge in [0.05, 0.1) is 14.2 Å². The van der Waals surface area contributed by atoms with E-state index in [0.29, 0.717) is 5.54 Å². The predicted molar refractivity (Wildman–Crippen MR) is 51.6 cm³/mol. The molecule has 1 fully saturated rings. The van der Waals surface area contributed by atoms with Crippen molar-refractivity contribution in [1.29, 1.82) is 0 Å². The SMILES string of the molecule is C[Si](C)(C)[C@H]1CCCC[C@H]1O. The molecule has 0 unspecified atom stereocenters. The Labute approximate surface area is 70.8 Å². The van der Waals surface area contributed by atoms with E-state index in [2.05, 4.69) is 19.6 Å². The Morgan fingerprint density at radius 3 is 2.00 bits per heavy atom. The maximum absolute atomic E-state index is 9.74. The van der Waals surface area contributed by atoms with Crippen molar-refractivity contribution in [3.05, 3.63) is 0 Å². The topological polar surface area (TPSA) is 20.2 Å². The molecule has 0 amide bonds. The lowest BCUT2D eigenvalue weighted by molar-refractivity contribution is 0.127. The van der Waals surface area contributed by atoms with Gasteiger partial charge in [-0.1, -0.05) is 38.9 Å². The van der Waals surface area contributed by atoms with Crippen LogP contribution >= 0.6 is 0 Å². The average Bonchev–Trinajstić information content (AvgIpc) is 1.86. The third-order valence-corrected chi connectivity index (χ3v) is 5.74. The second-order valence-corrected chi connectivity index (χ2v) is 10.3. The van der Waals surface area contributed by atoms with Gasteiger partial charge in [0.15, 0.2) is 0 Å². The summed E-state index contributed by atoms with van der Waals surface area (Å²) in [5.41, 5.74) is 0.663. The highest BCUT2D eigenvalue weighted by Crippen LogP contribution is 2.36. The average molecular weight is 172 g/mol. The predicted octanol–water partition coefficient (Wildman–Crippen LogP) is 2.63. The molecule has 0 aromatic carbocycles. The van der Waals surface area contributed by atoms with E-state index in [4.69, 9.17) is 0 Å². The lowest BCUT2D eigenvalue weighted by Gasteiger charge is -2.36. The van der Waals surface area contributed by atoms with Crippen molar-refractivity contribution in [2.24, 2.45) is 0 Å². The van der Waals surface area contributed by atoms with E-state index in [1.54, 1.807) is 0 Å². The van der Waals surface area contributed by atoms with Gasteiger partial charge in [0.2, 0.25) is 0 Å². The van der Waals surface area contributed by atoms with E-state index in [1.165, 1.54) is 19.3 Å². The highest BCUT2D eigenvalue weighted by atomic mass is 28.3. The van der Waals surface area contributed by atoms with Crippen molar-refractivity contribution in [3.63, 3.8) is 0 Å². The third-order valence-electron chi connectivity index (χ3n) is 2.84. The van der Waals surface area contributed by atoms with E-state index in [9.17, 15) is 5.11 Å². The van der Waals surface area contributed by atoms with Crippen molar-refractivity contribution < 1.29 is 5.11 Å². The fourth-order valence-corrected chi connectivity index (χ4v) is 4.51. The van der Waals surface area contributed by atoms with Crippen molar-refractivity contribution in [1.82, 2.24) is 0 Å². The van der Waals surface area contributed by atoms with Crippen LogP contribution in [0.3, 0.4) is 0 Å². The second-order valence-electron chi connectivity index (χ2n) is 4.82. The number of aliphatic hydroxyl groups excluding tert-OH is 1. The summed E-state index contributed by atoms with van der Waals surface area (Å²) in [5, 5.41) is 9.74. The smallest absolute Gasteiger partial charge is 0.0544 e. The van der Waals surface area contributed by atoms with Crippen molar-refractivity contribution >= 4 is 8.07 Å². The quantitative estimate of drug-likeness (QED) is 0.603. The lowest BCUT2D eigenvalue weighted by Crippen LogP contribution is -2.38. The molecular weight excluding hydrogens is 152 g/mol. The van der Waals surface area contributed by atoms with Gasteiger partial charge in [-0.2, -0.15) is 0 Å². The van der Waals surface area contributed by atoms with E-state index < -0.39 is 8.07 Å². The summed E-state index contributed by atoms with van der Waals surface area (Å²) in [7, 11) is -1.07. The van der Waals surface area contributed by atoms with Gasteiger partial charge >= 0.3 is 0 Å². The van der Waals surface area contributed by atoms with Crippen LogP contribution in [0, 0.1) is 0 Å². The Hall–Kier alpha value is 0.177. The zero-order valence-electron chi connectivity index (χ0n) is 7.93. The van der Waals surface area contributed by atoms with Gasteiger partial charge < -0.3 is 5.11 Å². The molecule has 0 radical (unpaired) electrons. The fraction of sp³-hybridized carbons (Fsp3) is 1.00. The summed E-state index contributed by atoms with van der Waals surface area (Å²) in [5.74, 6) is 0. The van der Waals surface area contributed by atoms with E-state index in [-0.39, 0.29) is 6.10 Å². The standard InChI is InChI=1S/C9H20OSi/c1-11(2,3)9-7-5-4-6-8(9)10/h8-10H,4-7H2,1-3H3/t8-,9+/m1/s1. The van der Waals surface area contributed by atoms with E-state index in [0.717, 1.165) is 6.42 Å². The number of rotatable bonds is 1. The number of hydrogen-bond acceptors (Lipinski definition) is 1. The first-order valence-corrected chi connectivity index (χ1v) is 8.27. The minimum absolute atomic E-state index is 0.0235. The molecule has 1 saturated carbocycles. The first-order chi connectivity index (χ1) is 5.02. The van der Waals surface area contributed by atoms with Crippen molar-refractivity contribution in [3.8, 4) is 0 Å². The van der Waals surface area contributed by atoms with Crippen LogP contribution in [0.4, 0.5) is 0 Å². The molecule has 0 heterocycles. The van der Waals surface area contributed by atoms with Crippen LogP contribution in [0.5, 0.6) is 0 Å². The van der Waals surface area contributed by atoms with Crippen molar-refractivity contribution in [2.45, 2.75) is 57.0 Å². The van der Waals surface area contributed by atoms with Gasteiger partial charge in [-0.15, -0.1) is 0 Å². The monoisotopic (exact) mass is 172 g/mol. The zero-order chi connectivity index (χ0) is 8.48. The molecule has 2 atom stereocenters. The Bertz CT molecular complexity index is 128. The molecule has 2 heteroatoms. The first-order valence-electron chi connectivity index (χ1n) is 4.70. The summed E-state index contributed by atoms with van der Waals surface area (Å²) in [4.78, 5) is 0. The van der Waals surface area contributed by atoms with Gasteiger partial charge in [-0.05, 0) is 12.0 Å². The number of hydrogen-bond donors (Lipinski definition) is 1. The van der Waals surface area contributed by atoms with Gasteiger partial charge in [0.1, 0.15) is 0 Å². The molecule has 11 heavy (non-hydrogen) atoms. The summed E-state index contributed by atoms with van der Waals surface area (Å²) < 4.78 is 0. The molecule has 66 valence electrons. The van der Waals surface area contributed by atoms with Crippen molar-refractivity contribution in [2.75, 3.05) is 0 Å². The van der Waals surface area contributed by atoms with Gasteiger partial charge in [0.25, 0.3) is 0 Å². The maximum Gasteiger partial charge on any atom is 0.0544 e. The van der Waals surface area contributed by atoms with E-state index >= 15 is 0 Å². The lowest BCUT2D eigenvalue weighted by atomic mass is 9.97. The van der Waals surface area contributed by atoms with Gasteiger partial charge in [0, 0.05) is 0 Å². The largest absolute Gasteiger partial charge is 0.393 e. The molecule has 0 bridgehead atoms. The molecule has 0 aromatic rings. The highest BCUT2D eigenvalue weighted by Gasteiger charge is 2.33. The molecule has 0 aromatic heterocycles. The van der Waals surface area contributed by atoms with Crippen LogP contribution in [-0.2, 0) is 0 Å². The maximum atomic E-state index is 9.74. The molecule has 0 aliphatic heterocycles. The summed E-state index contributed by atoms with van der Waals surface area (Å²) in [6, 6.07) is 0. The zero-order valence-corrected chi connectivity index (χ0v) is 8.93. The summed E-state index contributed by atoms with van der Waals surface area (Å²) in [6.45, 7) is 7.10. The highest BCUT2D eigenvalue weighted by molar-refractivity contribution is 6.77. The molecule has 1 aliphatic carbocycles. The molecule has 1 N–H and O–H groups in total. The normalized spacial score (nSPS) is 33.8. The van der Waals surface area contributed by atoms with Gasteiger partial charge in [-0.25, -0.2) is 0 Å². The third kappa shape index (κ3) is 2.31. The first kappa shape index (κ1) is 9.27. The van der Waals surface area contributed by atoms with Crippen LogP contribution in [0.25, 0.3) is 0 Å². The Kier molecular flexibility index (Phi) is 2.76. The summed E-state index contributed by atoms with van der Waals surface area (Å²) >= 11 is 0. The van der Waals surface area contributed by atoms with Crippen LogP contribution in [0.2, 0.25) is 25.2 Å². The molecule has 1 aliphatic rings. The van der Waals surface area contributed by atoms with Gasteiger partial charge in [-0.3, -0.25) is 0 Å². The molecule has 0 saturated heterocycles. The molecule has 1 rings (SSSR count). The fourth-order valence-electron chi connectivity index (χ4n) is 2.12. The minimum Gasteiger partial charge on any atom is -0.393 e. The Morgan fingerprint density at radius 1 is 1.09 bits per heavy atom. The van der Waals surface area contributed by atoms with Crippen LogP contribution in [0.1, 0.15) is 25.7 Å². The Morgan fingerprint density at radius 2 is 1.64 bits per heavy atom. The van der Waals surface area contributed by atoms with Crippen LogP contribution in [0.15, 0.2) is 0 Å². The van der Waals surface area contributed by atoms with E-state index in [1.807, 2.05) is 0 Å². The van der Waals surface area contributed by atoms with Crippen LogP contribution < -0.4 is 0 Å². The number of aliphatic hydroxyl groups is 1. The summed E-state index contributed by atoms with van der Waals surface area (Å²) in [6.07, 6.45) is 4.93. The Balaban J connectivity index is 2.55. The van der Waals surface area contributed by atoms with Crippen LogP contribution in [-0.4, -0.2) is 19.3 Å². The molecule has 1 nitrogen and oxygen atoms in total. The molecular formula is C9H20OSi. The minimum atomic E-state index is -1.07. The second kappa shape index (κ2) is 3.28.